The second kappa shape index (κ2) is 3.49. The quantitative estimate of drug-likeness (QED) is 0.738. The molecule has 2 unspecified atom stereocenters. The van der Waals surface area contributed by atoms with Crippen LogP contribution in [0, 0.1) is 5.92 Å². The lowest BCUT2D eigenvalue weighted by molar-refractivity contribution is -0.151. The van der Waals surface area contributed by atoms with Crippen molar-refractivity contribution in [3.8, 4) is 0 Å². The third-order valence-corrected chi connectivity index (χ3v) is 4.45. The average Bonchev–Trinajstić information content (AvgIpc) is 2.16. The second-order valence-electron chi connectivity index (χ2n) is 5.43. The standard InChI is InChI=1S/C12H23NO/c1-3-11(2,13)10-5-8-14-12(9-10)6-4-7-12/h10H,3-9,13H2,1-2H3. The van der Waals surface area contributed by atoms with Crippen LogP contribution in [0.5, 0.6) is 0 Å². The summed E-state index contributed by atoms with van der Waals surface area (Å²) >= 11 is 0. The molecule has 0 amide bonds. The Morgan fingerprint density at radius 1 is 1.50 bits per heavy atom. The Morgan fingerprint density at radius 3 is 2.71 bits per heavy atom. The van der Waals surface area contributed by atoms with Crippen molar-refractivity contribution in [1.29, 1.82) is 0 Å². The minimum absolute atomic E-state index is 0.0202. The van der Waals surface area contributed by atoms with Crippen molar-refractivity contribution < 1.29 is 4.74 Å². The van der Waals surface area contributed by atoms with Gasteiger partial charge in [0.2, 0.25) is 0 Å². The Bertz CT molecular complexity index is 208. The first kappa shape index (κ1) is 10.4. The number of rotatable bonds is 2. The van der Waals surface area contributed by atoms with Crippen molar-refractivity contribution >= 4 is 0 Å². The van der Waals surface area contributed by atoms with E-state index in [-0.39, 0.29) is 11.1 Å². The molecule has 82 valence electrons. The van der Waals surface area contributed by atoms with E-state index in [1.54, 1.807) is 0 Å². The van der Waals surface area contributed by atoms with Crippen LogP contribution in [0.4, 0.5) is 0 Å². The maximum atomic E-state index is 6.34. The van der Waals surface area contributed by atoms with Gasteiger partial charge in [-0.15, -0.1) is 0 Å². The fourth-order valence-corrected chi connectivity index (χ4v) is 2.80. The fourth-order valence-electron chi connectivity index (χ4n) is 2.80. The second-order valence-corrected chi connectivity index (χ2v) is 5.43. The Morgan fingerprint density at radius 2 is 2.21 bits per heavy atom. The minimum atomic E-state index is 0.0202. The van der Waals surface area contributed by atoms with E-state index in [1.807, 2.05) is 0 Å². The molecule has 1 aliphatic heterocycles. The van der Waals surface area contributed by atoms with Gasteiger partial charge in [-0.25, -0.2) is 0 Å². The summed E-state index contributed by atoms with van der Waals surface area (Å²) in [6.45, 7) is 5.33. The molecule has 0 radical (unpaired) electrons. The SMILES string of the molecule is CCC(C)(N)C1CCOC2(CCC2)C1. The Labute approximate surface area is 87.2 Å². The molecule has 0 aromatic heterocycles. The molecule has 1 saturated carbocycles. The molecular weight excluding hydrogens is 174 g/mol. The highest BCUT2D eigenvalue weighted by molar-refractivity contribution is 4.99. The summed E-state index contributed by atoms with van der Waals surface area (Å²) in [6.07, 6.45) is 7.32. The molecule has 0 aromatic carbocycles. The van der Waals surface area contributed by atoms with Gasteiger partial charge in [-0.3, -0.25) is 0 Å². The lowest BCUT2D eigenvalue weighted by Gasteiger charge is -2.50. The van der Waals surface area contributed by atoms with Crippen LogP contribution >= 0.6 is 0 Å². The molecule has 1 heterocycles. The molecule has 2 atom stereocenters. The molecule has 14 heavy (non-hydrogen) atoms. The number of hydrogen-bond acceptors (Lipinski definition) is 2. The zero-order chi connectivity index (χ0) is 10.2. The molecule has 2 N–H and O–H groups in total. The Balaban J connectivity index is 2.00. The first-order valence-electron chi connectivity index (χ1n) is 6.01. The van der Waals surface area contributed by atoms with E-state index in [4.69, 9.17) is 10.5 Å². The van der Waals surface area contributed by atoms with Gasteiger partial charge in [-0.2, -0.15) is 0 Å². The predicted molar refractivity (Wildman–Crippen MR) is 58.1 cm³/mol. The van der Waals surface area contributed by atoms with Gasteiger partial charge in [-0.05, 0) is 51.4 Å². The van der Waals surface area contributed by atoms with Gasteiger partial charge in [0.15, 0.2) is 0 Å². The molecule has 1 aliphatic carbocycles. The highest BCUT2D eigenvalue weighted by Gasteiger charge is 2.45. The summed E-state index contributed by atoms with van der Waals surface area (Å²) in [4.78, 5) is 0. The molecule has 2 rings (SSSR count). The van der Waals surface area contributed by atoms with Crippen molar-refractivity contribution in [2.45, 2.75) is 63.5 Å². The summed E-state index contributed by atoms with van der Waals surface area (Å²) in [5.74, 6) is 0.668. The highest BCUT2D eigenvalue weighted by Crippen LogP contribution is 2.46. The van der Waals surface area contributed by atoms with E-state index in [2.05, 4.69) is 13.8 Å². The zero-order valence-corrected chi connectivity index (χ0v) is 9.51. The van der Waals surface area contributed by atoms with Crippen LogP contribution in [0.1, 0.15) is 52.4 Å². The van der Waals surface area contributed by atoms with Crippen molar-refractivity contribution in [2.75, 3.05) is 6.61 Å². The fraction of sp³-hybridized carbons (Fsp3) is 1.00. The maximum Gasteiger partial charge on any atom is 0.0686 e. The maximum absolute atomic E-state index is 6.34. The van der Waals surface area contributed by atoms with Crippen LogP contribution in [0.3, 0.4) is 0 Å². The predicted octanol–water partition coefficient (Wildman–Crippen LogP) is 2.46. The molecule has 1 spiro atoms. The van der Waals surface area contributed by atoms with E-state index in [0.717, 1.165) is 19.4 Å². The normalized spacial score (nSPS) is 34.9. The topological polar surface area (TPSA) is 35.2 Å². The molecule has 2 aliphatic rings. The summed E-state index contributed by atoms with van der Waals surface area (Å²) in [7, 11) is 0. The van der Waals surface area contributed by atoms with Crippen LogP contribution in [0.25, 0.3) is 0 Å². The van der Waals surface area contributed by atoms with Gasteiger partial charge in [0.25, 0.3) is 0 Å². The lowest BCUT2D eigenvalue weighted by atomic mass is 9.67. The Hall–Kier alpha value is -0.0800. The average molecular weight is 197 g/mol. The summed E-state index contributed by atoms with van der Waals surface area (Å²) in [5.41, 5.74) is 6.60. The molecule has 2 nitrogen and oxygen atoms in total. The minimum Gasteiger partial charge on any atom is -0.375 e. The first-order chi connectivity index (χ1) is 6.58. The molecule has 0 aromatic rings. The van der Waals surface area contributed by atoms with Crippen LogP contribution in [0.2, 0.25) is 0 Å². The van der Waals surface area contributed by atoms with Crippen molar-refractivity contribution in [3.63, 3.8) is 0 Å². The first-order valence-corrected chi connectivity index (χ1v) is 6.01. The van der Waals surface area contributed by atoms with Gasteiger partial charge >= 0.3 is 0 Å². The van der Waals surface area contributed by atoms with Crippen molar-refractivity contribution in [1.82, 2.24) is 0 Å². The number of nitrogens with two attached hydrogens (primary N) is 1. The Kier molecular flexibility index (Phi) is 2.61. The molecular formula is C12H23NO. The smallest absolute Gasteiger partial charge is 0.0686 e. The van der Waals surface area contributed by atoms with Gasteiger partial charge in [0.1, 0.15) is 0 Å². The van der Waals surface area contributed by atoms with E-state index < -0.39 is 0 Å². The van der Waals surface area contributed by atoms with Crippen LogP contribution in [-0.4, -0.2) is 17.7 Å². The van der Waals surface area contributed by atoms with Crippen LogP contribution < -0.4 is 5.73 Å². The lowest BCUT2D eigenvalue weighted by Crippen LogP contribution is -2.53. The largest absolute Gasteiger partial charge is 0.375 e. The van der Waals surface area contributed by atoms with E-state index in [0.29, 0.717) is 5.92 Å². The summed E-state index contributed by atoms with van der Waals surface area (Å²) in [6, 6.07) is 0. The zero-order valence-electron chi connectivity index (χ0n) is 9.51. The monoisotopic (exact) mass is 197 g/mol. The van der Waals surface area contributed by atoms with E-state index in [9.17, 15) is 0 Å². The summed E-state index contributed by atoms with van der Waals surface area (Å²) in [5, 5.41) is 0. The molecule has 1 saturated heterocycles. The molecule has 2 fully saturated rings. The molecule has 2 heteroatoms. The summed E-state index contributed by atoms with van der Waals surface area (Å²) < 4.78 is 5.92. The number of hydrogen-bond donors (Lipinski definition) is 1. The van der Waals surface area contributed by atoms with Gasteiger partial charge in [-0.1, -0.05) is 6.92 Å². The third-order valence-electron chi connectivity index (χ3n) is 4.45. The van der Waals surface area contributed by atoms with Crippen LogP contribution in [0.15, 0.2) is 0 Å². The number of ether oxygens (including phenoxy) is 1. The van der Waals surface area contributed by atoms with Gasteiger partial charge < -0.3 is 10.5 Å². The highest BCUT2D eigenvalue weighted by atomic mass is 16.5. The van der Waals surface area contributed by atoms with Crippen molar-refractivity contribution in [3.05, 3.63) is 0 Å². The van der Waals surface area contributed by atoms with E-state index >= 15 is 0 Å². The van der Waals surface area contributed by atoms with Gasteiger partial charge in [0, 0.05) is 12.1 Å². The van der Waals surface area contributed by atoms with E-state index in [1.165, 1.54) is 25.7 Å². The third kappa shape index (κ3) is 1.70. The van der Waals surface area contributed by atoms with Crippen LogP contribution in [-0.2, 0) is 4.74 Å². The van der Waals surface area contributed by atoms with Gasteiger partial charge in [0.05, 0.1) is 5.60 Å². The molecule has 0 bridgehead atoms. The van der Waals surface area contributed by atoms with Crippen molar-refractivity contribution in [2.24, 2.45) is 11.7 Å².